The third-order valence-corrected chi connectivity index (χ3v) is 2.96. The Labute approximate surface area is 109 Å². The number of halogens is 1. The van der Waals surface area contributed by atoms with Crippen LogP contribution < -0.4 is 10.2 Å². The van der Waals surface area contributed by atoms with Gasteiger partial charge in [-0.1, -0.05) is 26.0 Å². The molecule has 1 saturated heterocycles. The number of nitrogens with one attached hydrogen (secondary N) is 1. The average molecular weight is 264 g/mol. The number of nitrogens with zero attached hydrogens (tertiary/aromatic N) is 1. The van der Waals surface area contributed by atoms with E-state index in [0.29, 0.717) is 4.90 Å². The maximum absolute atomic E-state index is 13.7. The van der Waals surface area contributed by atoms with Crippen LogP contribution in [0.5, 0.6) is 0 Å². The molecular formula is C13H13FN2O3. The van der Waals surface area contributed by atoms with E-state index >= 15 is 0 Å². The Morgan fingerprint density at radius 3 is 2.42 bits per heavy atom. The van der Waals surface area contributed by atoms with Crippen molar-refractivity contribution in [2.75, 3.05) is 4.90 Å². The monoisotopic (exact) mass is 264 g/mol. The average Bonchev–Trinajstić information content (AvgIpc) is 2.30. The van der Waals surface area contributed by atoms with Gasteiger partial charge in [0, 0.05) is 0 Å². The Kier molecular flexibility index (Phi) is 3.33. The summed E-state index contributed by atoms with van der Waals surface area (Å²) >= 11 is 0. The van der Waals surface area contributed by atoms with Crippen LogP contribution >= 0.6 is 0 Å². The molecule has 5 nitrogen and oxygen atoms in total. The molecule has 1 aliphatic rings. The molecule has 1 heterocycles. The van der Waals surface area contributed by atoms with Gasteiger partial charge in [-0.15, -0.1) is 0 Å². The number of benzene rings is 1. The van der Waals surface area contributed by atoms with E-state index in [1.807, 2.05) is 0 Å². The van der Waals surface area contributed by atoms with Gasteiger partial charge in [0.15, 0.2) is 0 Å². The summed E-state index contributed by atoms with van der Waals surface area (Å²) in [6, 6.07) is 4.52. The van der Waals surface area contributed by atoms with Crippen LogP contribution in [0.1, 0.15) is 13.8 Å². The van der Waals surface area contributed by atoms with Crippen LogP contribution in [0.4, 0.5) is 14.9 Å². The highest BCUT2D eigenvalue weighted by Crippen LogP contribution is 2.26. The fourth-order valence-corrected chi connectivity index (χ4v) is 2.04. The van der Waals surface area contributed by atoms with Crippen molar-refractivity contribution in [3.8, 4) is 0 Å². The van der Waals surface area contributed by atoms with Gasteiger partial charge in [0.05, 0.1) is 5.69 Å². The van der Waals surface area contributed by atoms with E-state index in [1.165, 1.54) is 18.2 Å². The van der Waals surface area contributed by atoms with Gasteiger partial charge in [0.2, 0.25) is 11.8 Å². The number of carbonyl (C=O) groups excluding carboxylic acids is 3. The lowest BCUT2D eigenvalue weighted by Crippen LogP contribution is -2.59. The van der Waals surface area contributed by atoms with Gasteiger partial charge in [0.1, 0.15) is 11.7 Å². The number of barbiturate groups is 1. The van der Waals surface area contributed by atoms with E-state index in [2.05, 4.69) is 5.32 Å². The molecule has 4 amide bonds. The second kappa shape index (κ2) is 4.79. The van der Waals surface area contributed by atoms with Crippen molar-refractivity contribution < 1.29 is 18.8 Å². The fraction of sp³-hybridized carbons (Fsp3) is 0.308. The molecule has 0 spiro atoms. The van der Waals surface area contributed by atoms with E-state index in [0.717, 1.165) is 6.07 Å². The maximum atomic E-state index is 13.7. The molecule has 1 fully saturated rings. The van der Waals surface area contributed by atoms with Crippen molar-refractivity contribution in [1.82, 2.24) is 5.32 Å². The van der Waals surface area contributed by atoms with Gasteiger partial charge in [-0.25, -0.2) is 14.1 Å². The summed E-state index contributed by atoms with van der Waals surface area (Å²) in [5, 5.41) is 2.08. The Bertz CT molecular complexity index is 557. The lowest BCUT2D eigenvalue weighted by molar-refractivity contribution is -0.136. The third kappa shape index (κ3) is 2.21. The van der Waals surface area contributed by atoms with Crippen LogP contribution in [0, 0.1) is 17.7 Å². The largest absolute Gasteiger partial charge is 0.335 e. The summed E-state index contributed by atoms with van der Waals surface area (Å²) in [5.41, 5.74) is -0.150. The van der Waals surface area contributed by atoms with E-state index < -0.39 is 29.6 Å². The molecule has 0 radical (unpaired) electrons. The van der Waals surface area contributed by atoms with Gasteiger partial charge >= 0.3 is 6.03 Å². The number of hydrogen-bond donors (Lipinski definition) is 1. The number of amides is 4. The molecule has 1 atom stereocenters. The molecule has 1 aromatic rings. The van der Waals surface area contributed by atoms with E-state index in [-0.39, 0.29) is 11.6 Å². The summed E-state index contributed by atoms with van der Waals surface area (Å²) in [6.07, 6.45) is 0. The lowest BCUT2D eigenvalue weighted by atomic mass is 9.92. The van der Waals surface area contributed by atoms with Crippen molar-refractivity contribution >= 4 is 23.5 Å². The van der Waals surface area contributed by atoms with Gasteiger partial charge in [-0.2, -0.15) is 0 Å². The van der Waals surface area contributed by atoms with Gasteiger partial charge in [0.25, 0.3) is 0 Å². The van der Waals surface area contributed by atoms with Crippen molar-refractivity contribution in [2.24, 2.45) is 11.8 Å². The maximum Gasteiger partial charge on any atom is 0.335 e. The summed E-state index contributed by atoms with van der Waals surface area (Å²) < 4.78 is 13.7. The van der Waals surface area contributed by atoms with Crippen molar-refractivity contribution in [2.45, 2.75) is 13.8 Å². The first kappa shape index (κ1) is 13.2. The van der Waals surface area contributed by atoms with Crippen molar-refractivity contribution in [3.05, 3.63) is 30.1 Å². The number of hydrogen-bond acceptors (Lipinski definition) is 3. The number of anilines is 1. The van der Waals surface area contributed by atoms with Crippen LogP contribution in [0.25, 0.3) is 0 Å². The molecule has 0 aromatic heterocycles. The van der Waals surface area contributed by atoms with Crippen LogP contribution in [-0.4, -0.2) is 17.8 Å². The molecule has 1 unspecified atom stereocenters. The molecule has 1 aliphatic heterocycles. The number of urea groups is 1. The Balaban J connectivity index is 2.45. The zero-order chi connectivity index (χ0) is 14.2. The molecule has 2 rings (SSSR count). The zero-order valence-corrected chi connectivity index (χ0v) is 10.5. The molecule has 0 saturated carbocycles. The van der Waals surface area contributed by atoms with Crippen LogP contribution in [0.3, 0.4) is 0 Å². The van der Waals surface area contributed by atoms with Crippen molar-refractivity contribution in [3.63, 3.8) is 0 Å². The number of imide groups is 2. The van der Waals surface area contributed by atoms with Crippen LogP contribution in [-0.2, 0) is 9.59 Å². The predicted octanol–water partition coefficient (Wildman–Crippen LogP) is 1.68. The summed E-state index contributed by atoms with van der Waals surface area (Å²) in [7, 11) is 0. The Hall–Kier alpha value is -2.24. The fourth-order valence-electron chi connectivity index (χ4n) is 2.04. The van der Waals surface area contributed by atoms with Crippen LogP contribution in [0.15, 0.2) is 24.3 Å². The second-order valence-corrected chi connectivity index (χ2v) is 4.64. The minimum Gasteiger partial charge on any atom is -0.277 e. The Morgan fingerprint density at radius 1 is 1.21 bits per heavy atom. The van der Waals surface area contributed by atoms with E-state index in [4.69, 9.17) is 0 Å². The highest BCUT2D eigenvalue weighted by Gasteiger charge is 2.43. The minimum atomic E-state index is -0.989. The predicted molar refractivity (Wildman–Crippen MR) is 65.8 cm³/mol. The third-order valence-electron chi connectivity index (χ3n) is 2.96. The first-order valence-electron chi connectivity index (χ1n) is 5.86. The molecule has 0 aliphatic carbocycles. The highest BCUT2D eigenvalue weighted by molar-refractivity contribution is 6.27. The molecule has 1 aromatic carbocycles. The summed E-state index contributed by atoms with van der Waals surface area (Å²) in [4.78, 5) is 36.3. The topological polar surface area (TPSA) is 66.5 Å². The quantitative estimate of drug-likeness (QED) is 0.826. The number of carbonyl (C=O) groups is 3. The first-order valence-corrected chi connectivity index (χ1v) is 5.86. The van der Waals surface area contributed by atoms with Gasteiger partial charge < -0.3 is 0 Å². The Morgan fingerprint density at radius 2 is 1.84 bits per heavy atom. The van der Waals surface area contributed by atoms with E-state index in [1.54, 1.807) is 13.8 Å². The van der Waals surface area contributed by atoms with Gasteiger partial charge in [-0.05, 0) is 18.1 Å². The van der Waals surface area contributed by atoms with Crippen LogP contribution in [0.2, 0.25) is 0 Å². The van der Waals surface area contributed by atoms with Gasteiger partial charge in [-0.3, -0.25) is 14.9 Å². The van der Waals surface area contributed by atoms with E-state index in [9.17, 15) is 18.8 Å². The van der Waals surface area contributed by atoms with Crippen molar-refractivity contribution in [1.29, 1.82) is 0 Å². The molecule has 6 heteroatoms. The summed E-state index contributed by atoms with van der Waals surface area (Å²) in [6.45, 7) is 3.38. The standard InChI is InChI=1S/C13H13FN2O3/c1-7(2)10-11(17)15-13(19)16(12(10)18)9-6-4-3-5-8(9)14/h3-7,10H,1-2H3,(H,15,17,19). The minimum absolute atomic E-state index is 0.150. The lowest BCUT2D eigenvalue weighted by Gasteiger charge is -2.31. The molecule has 0 bridgehead atoms. The summed E-state index contributed by atoms with van der Waals surface area (Å²) in [5.74, 6) is -3.30. The molecule has 1 N–H and O–H groups in total. The zero-order valence-electron chi connectivity index (χ0n) is 10.5. The molecule has 100 valence electrons. The first-order chi connectivity index (χ1) is 8.93. The smallest absolute Gasteiger partial charge is 0.277 e. The normalized spacial score (nSPS) is 19.9. The highest BCUT2D eigenvalue weighted by atomic mass is 19.1. The molecular weight excluding hydrogens is 251 g/mol. The SMILES string of the molecule is CC(C)C1C(=O)NC(=O)N(c2ccccc2F)C1=O. The molecule has 19 heavy (non-hydrogen) atoms. The second-order valence-electron chi connectivity index (χ2n) is 4.64. The number of para-hydroxylation sites is 1. The number of rotatable bonds is 2.